The van der Waals surface area contributed by atoms with Crippen LogP contribution in [-0.2, 0) is 10.0 Å². The van der Waals surface area contributed by atoms with E-state index in [0.717, 1.165) is 24.2 Å². The van der Waals surface area contributed by atoms with E-state index in [1.807, 2.05) is 7.05 Å². The zero-order valence-electron chi connectivity index (χ0n) is 16.8. The van der Waals surface area contributed by atoms with Crippen molar-refractivity contribution in [3.05, 3.63) is 28.8 Å². The summed E-state index contributed by atoms with van der Waals surface area (Å²) in [6, 6.07) is 4.23. The van der Waals surface area contributed by atoms with Crippen LogP contribution in [0, 0.1) is 0 Å². The molecule has 0 amide bonds. The van der Waals surface area contributed by atoms with E-state index in [-0.39, 0.29) is 11.8 Å². The van der Waals surface area contributed by atoms with E-state index in [1.165, 1.54) is 5.56 Å². The Morgan fingerprint density at radius 3 is 1.60 bits per heavy atom. The number of benzene rings is 1. The van der Waals surface area contributed by atoms with Gasteiger partial charge in [-0.05, 0) is 41.5 Å². The molecule has 0 spiro atoms. The number of piperazine rings is 1. The maximum Gasteiger partial charge on any atom is 0.243 e. The Kier molecular flexibility index (Phi) is 6.34. The lowest BCUT2D eigenvalue weighted by Crippen LogP contribution is -2.47. The molecule has 0 unspecified atom stereocenters. The fourth-order valence-electron chi connectivity index (χ4n) is 3.35. The highest BCUT2D eigenvalue weighted by Crippen LogP contribution is 2.36. The van der Waals surface area contributed by atoms with Gasteiger partial charge in [0.1, 0.15) is 0 Å². The van der Waals surface area contributed by atoms with E-state index < -0.39 is 10.0 Å². The van der Waals surface area contributed by atoms with Gasteiger partial charge in [-0.15, -0.1) is 0 Å². The van der Waals surface area contributed by atoms with E-state index in [0.29, 0.717) is 23.9 Å². The van der Waals surface area contributed by atoms with Crippen LogP contribution in [0.15, 0.2) is 17.0 Å². The van der Waals surface area contributed by atoms with E-state index in [2.05, 4.69) is 58.6 Å². The standard InChI is InChI=1S/C20H34N2O2S/c1-14(2)17-12-18(15(3)4)20(19(13-17)16(5)6)25(23,24)22-10-8-21(7)9-11-22/h12-16H,8-11H2,1-7H3. The first-order valence-electron chi connectivity index (χ1n) is 9.42. The maximum absolute atomic E-state index is 13.5. The molecule has 0 bridgehead atoms. The van der Waals surface area contributed by atoms with Crippen LogP contribution < -0.4 is 0 Å². The van der Waals surface area contributed by atoms with E-state index >= 15 is 0 Å². The van der Waals surface area contributed by atoms with Crippen LogP contribution in [0.1, 0.15) is 76.0 Å². The summed E-state index contributed by atoms with van der Waals surface area (Å²) in [4.78, 5) is 2.74. The van der Waals surface area contributed by atoms with Gasteiger partial charge in [-0.25, -0.2) is 8.42 Å². The highest BCUT2D eigenvalue weighted by atomic mass is 32.2. The van der Waals surface area contributed by atoms with Crippen LogP contribution in [-0.4, -0.2) is 50.8 Å². The van der Waals surface area contributed by atoms with Crippen LogP contribution in [0.25, 0.3) is 0 Å². The molecule has 2 rings (SSSR count). The summed E-state index contributed by atoms with van der Waals surface area (Å²) < 4.78 is 28.7. The molecule has 0 aliphatic carbocycles. The van der Waals surface area contributed by atoms with Gasteiger partial charge in [0.15, 0.2) is 0 Å². The van der Waals surface area contributed by atoms with Crippen molar-refractivity contribution in [1.82, 2.24) is 9.21 Å². The number of nitrogens with zero attached hydrogens (tertiary/aromatic N) is 2. The summed E-state index contributed by atoms with van der Waals surface area (Å²) in [5.41, 5.74) is 3.16. The van der Waals surface area contributed by atoms with Gasteiger partial charge in [-0.2, -0.15) is 4.31 Å². The van der Waals surface area contributed by atoms with Crippen molar-refractivity contribution in [3.63, 3.8) is 0 Å². The highest BCUT2D eigenvalue weighted by molar-refractivity contribution is 7.89. The summed E-state index contributed by atoms with van der Waals surface area (Å²) in [6.45, 7) is 15.4. The van der Waals surface area contributed by atoms with Gasteiger partial charge >= 0.3 is 0 Å². The van der Waals surface area contributed by atoms with Crippen LogP contribution >= 0.6 is 0 Å². The van der Waals surface area contributed by atoms with Crippen LogP contribution in [0.4, 0.5) is 0 Å². The van der Waals surface area contributed by atoms with Crippen molar-refractivity contribution in [3.8, 4) is 0 Å². The Balaban J connectivity index is 2.65. The molecular weight excluding hydrogens is 332 g/mol. The summed E-state index contributed by atoms with van der Waals surface area (Å²) in [5, 5.41) is 0. The molecule has 5 heteroatoms. The third-order valence-corrected chi connectivity index (χ3v) is 7.17. The van der Waals surface area contributed by atoms with Crippen molar-refractivity contribution in [2.24, 2.45) is 0 Å². The molecule has 4 nitrogen and oxygen atoms in total. The summed E-state index contributed by atoms with van der Waals surface area (Å²) >= 11 is 0. The van der Waals surface area contributed by atoms with Gasteiger partial charge < -0.3 is 4.90 Å². The lowest BCUT2D eigenvalue weighted by atomic mass is 9.89. The second kappa shape index (κ2) is 7.77. The minimum atomic E-state index is -3.47. The molecule has 1 aromatic rings. The summed E-state index contributed by atoms with van der Waals surface area (Å²) in [6.07, 6.45) is 0. The fourth-order valence-corrected chi connectivity index (χ4v) is 5.43. The van der Waals surface area contributed by atoms with Crippen molar-refractivity contribution in [2.45, 2.75) is 64.2 Å². The smallest absolute Gasteiger partial charge is 0.243 e. The van der Waals surface area contributed by atoms with E-state index in [1.54, 1.807) is 4.31 Å². The monoisotopic (exact) mass is 366 g/mol. The van der Waals surface area contributed by atoms with Crippen molar-refractivity contribution >= 4 is 10.0 Å². The van der Waals surface area contributed by atoms with Crippen LogP contribution in [0.2, 0.25) is 0 Å². The quantitative estimate of drug-likeness (QED) is 0.791. The maximum atomic E-state index is 13.5. The normalized spacial score (nSPS) is 17.8. The molecule has 1 aliphatic heterocycles. The molecule has 0 N–H and O–H groups in total. The van der Waals surface area contributed by atoms with Crippen LogP contribution in [0.3, 0.4) is 0 Å². The Hall–Kier alpha value is -0.910. The summed E-state index contributed by atoms with van der Waals surface area (Å²) in [7, 11) is -1.43. The minimum Gasteiger partial charge on any atom is -0.304 e. The number of sulfonamides is 1. The molecule has 142 valence electrons. The predicted octanol–water partition coefficient (Wildman–Crippen LogP) is 3.99. The molecule has 0 saturated carbocycles. The number of hydrogen-bond acceptors (Lipinski definition) is 3. The van der Waals surface area contributed by atoms with Gasteiger partial charge in [-0.1, -0.05) is 53.7 Å². The lowest BCUT2D eigenvalue weighted by molar-refractivity contribution is 0.222. The third kappa shape index (κ3) is 4.26. The topological polar surface area (TPSA) is 40.6 Å². The Morgan fingerprint density at radius 1 is 0.800 bits per heavy atom. The van der Waals surface area contributed by atoms with E-state index in [4.69, 9.17) is 0 Å². The van der Waals surface area contributed by atoms with Gasteiger partial charge in [0.2, 0.25) is 10.0 Å². The second-order valence-corrected chi connectivity index (χ2v) is 10.1. The number of hydrogen-bond donors (Lipinski definition) is 0. The molecule has 0 aromatic heterocycles. The minimum absolute atomic E-state index is 0.174. The zero-order chi connectivity index (χ0) is 18.9. The molecule has 0 atom stereocenters. The van der Waals surface area contributed by atoms with Crippen molar-refractivity contribution in [2.75, 3.05) is 33.2 Å². The molecule has 25 heavy (non-hydrogen) atoms. The first-order chi connectivity index (χ1) is 11.6. The molecule has 1 saturated heterocycles. The average Bonchev–Trinajstić information content (AvgIpc) is 2.53. The zero-order valence-corrected chi connectivity index (χ0v) is 17.7. The predicted molar refractivity (Wildman–Crippen MR) is 105 cm³/mol. The Labute approximate surface area is 154 Å². The fraction of sp³-hybridized carbons (Fsp3) is 0.700. The Morgan fingerprint density at radius 2 is 1.24 bits per heavy atom. The van der Waals surface area contributed by atoms with E-state index in [9.17, 15) is 8.42 Å². The van der Waals surface area contributed by atoms with Crippen molar-refractivity contribution in [1.29, 1.82) is 0 Å². The largest absolute Gasteiger partial charge is 0.304 e. The lowest BCUT2D eigenvalue weighted by Gasteiger charge is -2.33. The van der Waals surface area contributed by atoms with Gasteiger partial charge in [0.05, 0.1) is 4.90 Å². The average molecular weight is 367 g/mol. The molecule has 1 heterocycles. The van der Waals surface area contributed by atoms with Crippen molar-refractivity contribution < 1.29 is 8.42 Å². The molecule has 0 radical (unpaired) electrons. The first kappa shape index (κ1) is 20.4. The van der Waals surface area contributed by atoms with Gasteiger partial charge in [-0.3, -0.25) is 0 Å². The third-order valence-electron chi connectivity index (χ3n) is 5.14. The Bertz CT molecular complexity index is 671. The second-order valence-electron chi connectivity index (χ2n) is 8.20. The van der Waals surface area contributed by atoms with Gasteiger partial charge in [0, 0.05) is 26.2 Å². The molecule has 1 aliphatic rings. The number of likely N-dealkylation sites (N-methyl/N-ethyl adjacent to an activating group) is 1. The van der Waals surface area contributed by atoms with Crippen LogP contribution in [0.5, 0.6) is 0 Å². The molecule has 1 aromatic carbocycles. The summed E-state index contributed by atoms with van der Waals surface area (Å²) in [5.74, 6) is 0.734. The number of rotatable bonds is 5. The first-order valence-corrected chi connectivity index (χ1v) is 10.9. The van der Waals surface area contributed by atoms with Gasteiger partial charge in [0.25, 0.3) is 0 Å². The molecule has 1 fully saturated rings. The molecular formula is C20H34N2O2S. The SMILES string of the molecule is CC(C)c1cc(C(C)C)c(S(=O)(=O)N2CCN(C)CC2)c(C(C)C)c1. The highest BCUT2D eigenvalue weighted by Gasteiger charge is 2.33.